The van der Waals surface area contributed by atoms with Gasteiger partial charge in [-0.25, -0.2) is 0 Å². The number of carbonyl (C=O) groups is 1. The Morgan fingerprint density at radius 1 is 1.11 bits per heavy atom. The quantitative estimate of drug-likeness (QED) is 0.598. The molecule has 0 aliphatic heterocycles. The molecule has 0 aliphatic rings. The van der Waals surface area contributed by atoms with E-state index >= 15 is 0 Å². The fourth-order valence-electron chi connectivity index (χ4n) is 1.53. The SMILES string of the molecule is Cc1ccc(C(=O)CSc2ccccc2Cl)cc1. The van der Waals surface area contributed by atoms with Crippen LogP contribution in [0.4, 0.5) is 0 Å². The fraction of sp³-hybridized carbons (Fsp3) is 0.133. The highest BCUT2D eigenvalue weighted by molar-refractivity contribution is 8.00. The van der Waals surface area contributed by atoms with Crippen LogP contribution in [-0.4, -0.2) is 11.5 Å². The Labute approximate surface area is 116 Å². The lowest BCUT2D eigenvalue weighted by Gasteiger charge is -2.04. The lowest BCUT2D eigenvalue weighted by atomic mass is 10.1. The number of halogens is 1. The summed E-state index contributed by atoms with van der Waals surface area (Å²) in [7, 11) is 0. The van der Waals surface area contributed by atoms with Gasteiger partial charge in [0, 0.05) is 10.5 Å². The van der Waals surface area contributed by atoms with Gasteiger partial charge in [0.05, 0.1) is 10.8 Å². The van der Waals surface area contributed by atoms with E-state index in [-0.39, 0.29) is 5.78 Å². The molecule has 2 aromatic carbocycles. The van der Waals surface area contributed by atoms with Crippen molar-refractivity contribution in [2.45, 2.75) is 11.8 Å². The molecule has 0 N–H and O–H groups in total. The smallest absolute Gasteiger partial charge is 0.173 e. The van der Waals surface area contributed by atoms with E-state index in [1.165, 1.54) is 11.8 Å². The van der Waals surface area contributed by atoms with Gasteiger partial charge >= 0.3 is 0 Å². The van der Waals surface area contributed by atoms with Crippen LogP contribution in [0.2, 0.25) is 5.02 Å². The molecule has 1 nitrogen and oxygen atoms in total. The molecule has 0 heterocycles. The summed E-state index contributed by atoms with van der Waals surface area (Å²) in [4.78, 5) is 12.9. The van der Waals surface area contributed by atoms with Gasteiger partial charge in [-0.3, -0.25) is 4.79 Å². The lowest BCUT2D eigenvalue weighted by Crippen LogP contribution is -2.02. The first-order chi connectivity index (χ1) is 8.66. The van der Waals surface area contributed by atoms with Crippen molar-refractivity contribution in [1.82, 2.24) is 0 Å². The topological polar surface area (TPSA) is 17.1 Å². The highest BCUT2D eigenvalue weighted by atomic mass is 35.5. The average molecular weight is 277 g/mol. The van der Waals surface area contributed by atoms with E-state index in [1.807, 2.05) is 55.5 Å². The van der Waals surface area contributed by atoms with Crippen molar-refractivity contribution in [2.24, 2.45) is 0 Å². The van der Waals surface area contributed by atoms with Crippen LogP contribution in [0, 0.1) is 6.92 Å². The first kappa shape index (κ1) is 13.2. The largest absolute Gasteiger partial charge is 0.293 e. The molecule has 0 radical (unpaired) electrons. The van der Waals surface area contributed by atoms with Crippen LogP contribution in [0.25, 0.3) is 0 Å². The summed E-state index contributed by atoms with van der Waals surface area (Å²) in [6.07, 6.45) is 0. The van der Waals surface area contributed by atoms with Crippen LogP contribution in [0.15, 0.2) is 53.4 Å². The van der Waals surface area contributed by atoms with E-state index in [9.17, 15) is 4.79 Å². The van der Waals surface area contributed by atoms with E-state index in [2.05, 4.69) is 0 Å². The zero-order chi connectivity index (χ0) is 13.0. The molecule has 0 atom stereocenters. The maximum absolute atomic E-state index is 12.0. The molecule has 0 aliphatic carbocycles. The second-order valence-corrected chi connectivity index (χ2v) is 5.43. The van der Waals surface area contributed by atoms with Gasteiger partial charge in [-0.2, -0.15) is 0 Å². The van der Waals surface area contributed by atoms with Gasteiger partial charge in [-0.05, 0) is 19.1 Å². The van der Waals surface area contributed by atoms with Crippen molar-refractivity contribution >= 4 is 29.1 Å². The third-order valence-corrected chi connectivity index (χ3v) is 4.08. The average Bonchev–Trinajstić information content (AvgIpc) is 2.38. The third-order valence-electron chi connectivity index (χ3n) is 2.57. The van der Waals surface area contributed by atoms with Gasteiger partial charge in [-0.15, -0.1) is 11.8 Å². The van der Waals surface area contributed by atoms with E-state index < -0.39 is 0 Å². The molecule has 0 amide bonds. The summed E-state index contributed by atoms with van der Waals surface area (Å²) in [6.45, 7) is 2.01. The van der Waals surface area contributed by atoms with Crippen LogP contribution in [0.3, 0.4) is 0 Å². The van der Waals surface area contributed by atoms with Gasteiger partial charge in [0.25, 0.3) is 0 Å². The zero-order valence-electron chi connectivity index (χ0n) is 10.0. The van der Waals surface area contributed by atoms with E-state index in [0.717, 1.165) is 16.0 Å². The first-order valence-electron chi connectivity index (χ1n) is 5.64. The van der Waals surface area contributed by atoms with Crippen LogP contribution < -0.4 is 0 Å². The molecule has 2 rings (SSSR count). The molecule has 0 spiro atoms. The summed E-state index contributed by atoms with van der Waals surface area (Å²) >= 11 is 7.52. The predicted octanol–water partition coefficient (Wildman–Crippen LogP) is 4.62. The Hall–Kier alpha value is -1.25. The van der Waals surface area contributed by atoms with Crippen LogP contribution >= 0.6 is 23.4 Å². The van der Waals surface area contributed by atoms with Crippen LogP contribution in [-0.2, 0) is 0 Å². The summed E-state index contributed by atoms with van der Waals surface area (Å²) in [6, 6.07) is 15.2. The van der Waals surface area contributed by atoms with Crippen molar-refractivity contribution in [3.63, 3.8) is 0 Å². The molecule has 0 aromatic heterocycles. The Bertz CT molecular complexity index is 549. The second kappa shape index (κ2) is 6.07. The maximum Gasteiger partial charge on any atom is 0.173 e. The number of thioether (sulfide) groups is 1. The third kappa shape index (κ3) is 3.37. The Morgan fingerprint density at radius 2 is 1.78 bits per heavy atom. The van der Waals surface area contributed by atoms with E-state index in [0.29, 0.717) is 10.8 Å². The molecule has 3 heteroatoms. The number of aryl methyl sites for hydroxylation is 1. The molecular formula is C15H13ClOS. The van der Waals surface area contributed by atoms with Crippen molar-refractivity contribution < 1.29 is 4.79 Å². The minimum Gasteiger partial charge on any atom is -0.293 e. The standard InChI is InChI=1S/C15H13ClOS/c1-11-6-8-12(9-7-11)14(17)10-18-15-5-3-2-4-13(15)16/h2-9H,10H2,1H3. The van der Waals surface area contributed by atoms with Crippen molar-refractivity contribution in [3.8, 4) is 0 Å². The molecule has 92 valence electrons. The van der Waals surface area contributed by atoms with Crippen molar-refractivity contribution in [2.75, 3.05) is 5.75 Å². The summed E-state index contributed by atoms with van der Waals surface area (Å²) in [5.41, 5.74) is 1.91. The lowest BCUT2D eigenvalue weighted by molar-refractivity contribution is 0.102. The van der Waals surface area contributed by atoms with E-state index in [1.54, 1.807) is 0 Å². The normalized spacial score (nSPS) is 10.3. The number of hydrogen-bond acceptors (Lipinski definition) is 2. The molecule has 0 saturated heterocycles. The van der Waals surface area contributed by atoms with Crippen molar-refractivity contribution in [3.05, 3.63) is 64.7 Å². The zero-order valence-corrected chi connectivity index (χ0v) is 11.6. The highest BCUT2D eigenvalue weighted by Crippen LogP contribution is 2.27. The van der Waals surface area contributed by atoms with Crippen molar-refractivity contribution in [1.29, 1.82) is 0 Å². The minimum absolute atomic E-state index is 0.125. The Morgan fingerprint density at radius 3 is 2.44 bits per heavy atom. The summed E-state index contributed by atoms with van der Waals surface area (Å²) < 4.78 is 0. The van der Waals surface area contributed by atoms with Crippen LogP contribution in [0.5, 0.6) is 0 Å². The van der Waals surface area contributed by atoms with Crippen LogP contribution in [0.1, 0.15) is 15.9 Å². The predicted molar refractivity (Wildman–Crippen MR) is 77.7 cm³/mol. The molecular weight excluding hydrogens is 264 g/mol. The van der Waals surface area contributed by atoms with Gasteiger partial charge < -0.3 is 0 Å². The molecule has 18 heavy (non-hydrogen) atoms. The Kier molecular flexibility index (Phi) is 4.45. The number of hydrogen-bond donors (Lipinski definition) is 0. The minimum atomic E-state index is 0.125. The first-order valence-corrected chi connectivity index (χ1v) is 7.00. The Balaban J connectivity index is 2.01. The number of ketones is 1. The summed E-state index contributed by atoms with van der Waals surface area (Å²) in [5, 5.41) is 0.694. The molecule has 0 fully saturated rings. The summed E-state index contributed by atoms with van der Waals surface area (Å²) in [5.74, 6) is 0.534. The number of rotatable bonds is 4. The van der Waals surface area contributed by atoms with Gasteiger partial charge in [0.15, 0.2) is 5.78 Å². The van der Waals surface area contributed by atoms with E-state index in [4.69, 9.17) is 11.6 Å². The molecule has 0 bridgehead atoms. The molecule has 2 aromatic rings. The highest BCUT2D eigenvalue weighted by Gasteiger charge is 2.07. The number of benzene rings is 2. The second-order valence-electron chi connectivity index (χ2n) is 4.01. The monoisotopic (exact) mass is 276 g/mol. The van der Waals surface area contributed by atoms with Gasteiger partial charge in [-0.1, -0.05) is 53.6 Å². The van der Waals surface area contributed by atoms with Gasteiger partial charge in [0.1, 0.15) is 0 Å². The molecule has 0 unspecified atom stereocenters. The maximum atomic E-state index is 12.0. The number of carbonyl (C=O) groups excluding carboxylic acids is 1. The fourth-order valence-corrected chi connectivity index (χ4v) is 2.66. The van der Waals surface area contributed by atoms with Gasteiger partial charge in [0.2, 0.25) is 0 Å². The number of Topliss-reactive ketones (excluding diaryl/α,β-unsaturated/α-hetero) is 1. The molecule has 0 saturated carbocycles.